The maximum absolute atomic E-state index is 9.23. The lowest BCUT2D eigenvalue weighted by atomic mass is 9.80. The molecule has 0 saturated heterocycles. The Balaban J connectivity index is 3.17. The fourth-order valence-corrected chi connectivity index (χ4v) is 1.57. The smallest absolute Gasteiger partial charge is 0.0648 e. The van der Waals surface area contributed by atoms with Gasteiger partial charge in [-0.05, 0) is 18.1 Å². The summed E-state index contributed by atoms with van der Waals surface area (Å²) in [4.78, 5) is 0. The highest BCUT2D eigenvalue weighted by Crippen LogP contribution is 2.25. The van der Waals surface area contributed by atoms with E-state index in [1.54, 1.807) is 0 Å². The molecule has 0 heterocycles. The lowest BCUT2D eigenvalue weighted by Crippen LogP contribution is -2.39. The van der Waals surface area contributed by atoms with Crippen LogP contribution in [0.1, 0.15) is 11.1 Å². The molecule has 3 heteroatoms. The highest BCUT2D eigenvalue weighted by atomic mass is 16.3. The Labute approximate surface area is 83.6 Å². The van der Waals surface area contributed by atoms with Crippen LogP contribution < -0.4 is 0 Å². The fourth-order valence-electron chi connectivity index (χ4n) is 1.57. The number of aryl methyl sites for hydroxylation is 1. The van der Waals surface area contributed by atoms with E-state index in [-0.39, 0.29) is 19.8 Å². The molecule has 0 aromatic heterocycles. The van der Waals surface area contributed by atoms with Gasteiger partial charge in [-0.25, -0.2) is 0 Å². The Morgan fingerprint density at radius 3 is 1.93 bits per heavy atom. The fraction of sp³-hybridized carbons (Fsp3) is 0.455. The summed E-state index contributed by atoms with van der Waals surface area (Å²) in [6.07, 6.45) is 0. The van der Waals surface area contributed by atoms with Gasteiger partial charge in [0.2, 0.25) is 0 Å². The lowest BCUT2D eigenvalue weighted by Gasteiger charge is -2.29. The molecular weight excluding hydrogens is 180 g/mol. The van der Waals surface area contributed by atoms with Crippen molar-refractivity contribution in [3.8, 4) is 0 Å². The molecule has 0 aliphatic rings. The monoisotopic (exact) mass is 196 g/mol. The molecule has 3 nitrogen and oxygen atoms in total. The first-order valence-electron chi connectivity index (χ1n) is 4.59. The van der Waals surface area contributed by atoms with Crippen molar-refractivity contribution in [2.75, 3.05) is 19.8 Å². The standard InChI is InChI=1S/C11H16O3/c1-9-4-2-3-5-10(9)11(6-12,7-13)8-14/h2-5,12-14H,6-8H2,1H3. The molecule has 0 aliphatic heterocycles. The normalized spacial score (nSPS) is 11.7. The Hall–Kier alpha value is -0.900. The zero-order chi connectivity index (χ0) is 10.6. The molecule has 0 atom stereocenters. The number of aliphatic hydroxyl groups excluding tert-OH is 3. The van der Waals surface area contributed by atoms with Gasteiger partial charge in [0.25, 0.3) is 0 Å². The summed E-state index contributed by atoms with van der Waals surface area (Å²) in [5.41, 5.74) is 0.836. The van der Waals surface area contributed by atoms with E-state index in [9.17, 15) is 15.3 Å². The molecule has 3 N–H and O–H groups in total. The zero-order valence-corrected chi connectivity index (χ0v) is 8.27. The maximum atomic E-state index is 9.23. The molecule has 0 radical (unpaired) electrons. The molecule has 1 rings (SSSR count). The average molecular weight is 196 g/mol. The third-order valence-corrected chi connectivity index (χ3v) is 2.62. The second-order valence-electron chi connectivity index (χ2n) is 3.57. The summed E-state index contributed by atoms with van der Waals surface area (Å²) in [7, 11) is 0. The number of hydrogen-bond acceptors (Lipinski definition) is 3. The molecule has 0 saturated carbocycles. The topological polar surface area (TPSA) is 60.7 Å². The Morgan fingerprint density at radius 2 is 1.50 bits per heavy atom. The van der Waals surface area contributed by atoms with E-state index in [1.807, 2.05) is 31.2 Å². The van der Waals surface area contributed by atoms with Crippen LogP contribution in [0.25, 0.3) is 0 Å². The van der Waals surface area contributed by atoms with E-state index < -0.39 is 5.41 Å². The van der Waals surface area contributed by atoms with Crippen molar-refractivity contribution in [2.24, 2.45) is 0 Å². The van der Waals surface area contributed by atoms with Gasteiger partial charge in [0.05, 0.1) is 25.2 Å². The molecule has 1 aromatic rings. The molecule has 0 unspecified atom stereocenters. The number of hydrogen-bond donors (Lipinski definition) is 3. The van der Waals surface area contributed by atoms with Gasteiger partial charge in [-0.1, -0.05) is 24.3 Å². The first-order chi connectivity index (χ1) is 6.70. The van der Waals surface area contributed by atoms with E-state index in [2.05, 4.69) is 0 Å². The van der Waals surface area contributed by atoms with E-state index in [1.165, 1.54) is 0 Å². The van der Waals surface area contributed by atoms with Crippen molar-refractivity contribution in [3.05, 3.63) is 35.4 Å². The highest BCUT2D eigenvalue weighted by molar-refractivity contribution is 5.33. The zero-order valence-electron chi connectivity index (χ0n) is 8.27. The van der Waals surface area contributed by atoms with E-state index in [4.69, 9.17) is 0 Å². The van der Waals surface area contributed by atoms with Crippen LogP contribution in [0.5, 0.6) is 0 Å². The van der Waals surface area contributed by atoms with E-state index in [0.717, 1.165) is 11.1 Å². The summed E-state index contributed by atoms with van der Waals surface area (Å²) in [6.45, 7) is 1.12. The molecule has 0 amide bonds. The summed E-state index contributed by atoms with van der Waals surface area (Å²) in [5, 5.41) is 27.7. The van der Waals surface area contributed by atoms with Crippen molar-refractivity contribution in [3.63, 3.8) is 0 Å². The van der Waals surface area contributed by atoms with Gasteiger partial charge in [-0.2, -0.15) is 0 Å². The summed E-state index contributed by atoms with van der Waals surface area (Å²) >= 11 is 0. The van der Waals surface area contributed by atoms with E-state index in [0.29, 0.717) is 0 Å². The largest absolute Gasteiger partial charge is 0.395 e. The van der Waals surface area contributed by atoms with Gasteiger partial charge in [0.15, 0.2) is 0 Å². The molecular formula is C11H16O3. The Kier molecular flexibility index (Phi) is 3.63. The Morgan fingerprint density at radius 1 is 1.00 bits per heavy atom. The summed E-state index contributed by atoms with van der Waals surface area (Å²) < 4.78 is 0. The highest BCUT2D eigenvalue weighted by Gasteiger charge is 2.31. The van der Waals surface area contributed by atoms with Crippen LogP contribution in [0.3, 0.4) is 0 Å². The number of aliphatic hydroxyl groups is 3. The molecule has 0 aliphatic carbocycles. The summed E-state index contributed by atoms with van der Waals surface area (Å²) in [6, 6.07) is 7.43. The second kappa shape index (κ2) is 4.55. The van der Waals surface area contributed by atoms with Crippen molar-refractivity contribution in [1.29, 1.82) is 0 Å². The SMILES string of the molecule is Cc1ccccc1C(CO)(CO)CO. The van der Waals surface area contributed by atoms with Crippen molar-refractivity contribution < 1.29 is 15.3 Å². The minimum absolute atomic E-state index is 0.259. The van der Waals surface area contributed by atoms with Gasteiger partial charge in [-0.3, -0.25) is 0 Å². The predicted molar refractivity (Wildman–Crippen MR) is 54.1 cm³/mol. The minimum atomic E-state index is -0.925. The first-order valence-corrected chi connectivity index (χ1v) is 4.59. The molecule has 14 heavy (non-hydrogen) atoms. The first kappa shape index (κ1) is 11.2. The van der Waals surface area contributed by atoms with Crippen molar-refractivity contribution >= 4 is 0 Å². The van der Waals surface area contributed by atoms with E-state index >= 15 is 0 Å². The molecule has 0 fully saturated rings. The van der Waals surface area contributed by atoms with Gasteiger partial charge >= 0.3 is 0 Å². The van der Waals surface area contributed by atoms with Gasteiger partial charge in [-0.15, -0.1) is 0 Å². The van der Waals surface area contributed by atoms with Crippen LogP contribution in [-0.2, 0) is 5.41 Å². The summed E-state index contributed by atoms with van der Waals surface area (Å²) in [5.74, 6) is 0. The van der Waals surface area contributed by atoms with Crippen LogP contribution in [-0.4, -0.2) is 35.1 Å². The lowest BCUT2D eigenvalue weighted by molar-refractivity contribution is 0.0637. The third-order valence-electron chi connectivity index (χ3n) is 2.62. The third kappa shape index (κ3) is 1.80. The van der Waals surface area contributed by atoms with Crippen LogP contribution in [0, 0.1) is 6.92 Å². The number of benzene rings is 1. The van der Waals surface area contributed by atoms with Crippen LogP contribution in [0.15, 0.2) is 24.3 Å². The number of rotatable bonds is 4. The van der Waals surface area contributed by atoms with Crippen LogP contribution in [0.4, 0.5) is 0 Å². The quantitative estimate of drug-likeness (QED) is 0.645. The molecule has 1 aromatic carbocycles. The predicted octanol–water partition coefficient (Wildman–Crippen LogP) is 0.210. The average Bonchev–Trinajstić information content (AvgIpc) is 2.24. The molecule has 0 spiro atoms. The molecule has 78 valence electrons. The second-order valence-corrected chi connectivity index (χ2v) is 3.57. The minimum Gasteiger partial charge on any atom is -0.395 e. The van der Waals surface area contributed by atoms with Crippen LogP contribution in [0.2, 0.25) is 0 Å². The maximum Gasteiger partial charge on any atom is 0.0648 e. The molecule has 0 bridgehead atoms. The van der Waals surface area contributed by atoms with Crippen molar-refractivity contribution in [2.45, 2.75) is 12.3 Å². The Bertz CT molecular complexity index is 284. The van der Waals surface area contributed by atoms with Gasteiger partial charge in [0, 0.05) is 0 Å². The van der Waals surface area contributed by atoms with Gasteiger partial charge in [0.1, 0.15) is 0 Å². The van der Waals surface area contributed by atoms with Gasteiger partial charge < -0.3 is 15.3 Å². The van der Waals surface area contributed by atoms with Crippen molar-refractivity contribution in [1.82, 2.24) is 0 Å². The van der Waals surface area contributed by atoms with Crippen LogP contribution >= 0.6 is 0 Å².